The number of anilines is 1. The van der Waals surface area contributed by atoms with Gasteiger partial charge < -0.3 is 19.5 Å². The van der Waals surface area contributed by atoms with Crippen molar-refractivity contribution in [3.8, 4) is 17.2 Å². The maximum Gasteiger partial charge on any atom is 0.338 e. The van der Waals surface area contributed by atoms with Crippen LogP contribution < -0.4 is 14.8 Å². The summed E-state index contributed by atoms with van der Waals surface area (Å²) in [5.74, 6) is 0.713. The van der Waals surface area contributed by atoms with Crippen LogP contribution in [0.4, 0.5) is 5.69 Å². The monoisotopic (exact) mass is 442 g/mol. The van der Waals surface area contributed by atoms with Crippen LogP contribution in [0.2, 0.25) is 0 Å². The predicted molar refractivity (Wildman–Crippen MR) is 116 cm³/mol. The molecule has 0 bridgehead atoms. The maximum atomic E-state index is 12.3. The Morgan fingerprint density at radius 3 is 2.26 bits per heavy atom. The van der Waals surface area contributed by atoms with Crippen LogP contribution >= 0.6 is 11.8 Å². The maximum absolute atomic E-state index is 12.3. The Hall–Kier alpha value is -3.53. The largest absolute Gasteiger partial charge is 0.497 e. The lowest BCUT2D eigenvalue weighted by Crippen LogP contribution is -2.21. The number of benzene rings is 2. The molecule has 0 saturated heterocycles. The van der Waals surface area contributed by atoms with Crippen LogP contribution in [0.3, 0.4) is 0 Å². The van der Waals surface area contributed by atoms with Crippen LogP contribution in [0, 0.1) is 6.92 Å². The Kier molecular flexibility index (Phi) is 7.14. The zero-order chi connectivity index (χ0) is 22.4. The van der Waals surface area contributed by atoms with Crippen LogP contribution in [0.25, 0.3) is 5.69 Å². The van der Waals surface area contributed by atoms with E-state index in [0.29, 0.717) is 22.7 Å². The molecule has 1 N–H and O–H groups in total. The van der Waals surface area contributed by atoms with Gasteiger partial charge in [0, 0.05) is 29.6 Å². The van der Waals surface area contributed by atoms with Crippen molar-refractivity contribution in [2.75, 3.05) is 32.4 Å². The Morgan fingerprint density at radius 2 is 1.68 bits per heavy atom. The van der Waals surface area contributed by atoms with Gasteiger partial charge in [-0.25, -0.2) is 4.79 Å². The second-order valence-corrected chi connectivity index (χ2v) is 7.12. The highest BCUT2D eigenvalue weighted by Crippen LogP contribution is 2.25. The molecule has 0 unspecified atom stereocenters. The summed E-state index contributed by atoms with van der Waals surface area (Å²) in [7, 11) is 3.03. The van der Waals surface area contributed by atoms with E-state index in [2.05, 4.69) is 15.5 Å². The number of hydrogen-bond acceptors (Lipinski definition) is 8. The van der Waals surface area contributed by atoms with Crippen LogP contribution in [-0.2, 0) is 9.53 Å². The van der Waals surface area contributed by atoms with E-state index in [1.54, 1.807) is 42.5 Å². The summed E-state index contributed by atoms with van der Waals surface area (Å²) in [6, 6.07) is 11.8. The van der Waals surface area contributed by atoms with Crippen LogP contribution in [0.15, 0.2) is 47.6 Å². The Balaban J connectivity index is 1.61. The zero-order valence-electron chi connectivity index (χ0n) is 17.5. The number of methoxy groups -OCH3 is 2. The quantitative estimate of drug-likeness (QED) is 0.419. The second kappa shape index (κ2) is 9.98. The number of rotatable bonds is 8. The third kappa shape index (κ3) is 5.34. The molecule has 0 saturated carbocycles. The Bertz CT molecular complexity index is 1060. The normalized spacial score (nSPS) is 10.5. The van der Waals surface area contributed by atoms with E-state index < -0.39 is 18.5 Å². The third-order valence-electron chi connectivity index (χ3n) is 4.31. The smallest absolute Gasteiger partial charge is 0.338 e. The number of aromatic nitrogens is 3. The highest BCUT2D eigenvalue weighted by atomic mass is 32.2. The number of amides is 1. The summed E-state index contributed by atoms with van der Waals surface area (Å²) < 4.78 is 17.3. The number of carbonyl (C=O) groups is 2. The zero-order valence-corrected chi connectivity index (χ0v) is 18.4. The summed E-state index contributed by atoms with van der Waals surface area (Å²) in [6.07, 6.45) is 1.92. The van der Waals surface area contributed by atoms with Gasteiger partial charge in [-0.1, -0.05) is 11.8 Å². The molecule has 0 aliphatic carbocycles. The molecule has 1 aromatic heterocycles. The lowest BCUT2D eigenvalue weighted by molar-refractivity contribution is -0.119. The average molecular weight is 442 g/mol. The number of ether oxygens (including phenoxy) is 3. The van der Waals surface area contributed by atoms with Crippen LogP contribution in [0.5, 0.6) is 11.5 Å². The van der Waals surface area contributed by atoms with Crippen LogP contribution in [0.1, 0.15) is 16.2 Å². The molecule has 31 heavy (non-hydrogen) atoms. The first kappa shape index (κ1) is 22.2. The van der Waals surface area contributed by atoms with Crippen molar-refractivity contribution in [1.82, 2.24) is 14.8 Å². The van der Waals surface area contributed by atoms with Gasteiger partial charge in [0.05, 0.1) is 19.8 Å². The first-order chi connectivity index (χ1) is 14.9. The molecule has 9 nitrogen and oxygen atoms in total. The standard InChI is InChI=1S/C21H22N4O5S/c1-13-23-24-21(31-4)25(13)16-7-5-14(6-8-16)20(27)30-12-19(26)22-15-9-17(28-2)11-18(10-15)29-3/h5-11H,12H2,1-4H3,(H,22,26). The number of nitrogens with one attached hydrogen (secondary N) is 1. The second-order valence-electron chi connectivity index (χ2n) is 6.34. The van der Waals surface area contributed by atoms with E-state index in [4.69, 9.17) is 14.2 Å². The van der Waals surface area contributed by atoms with E-state index in [0.717, 1.165) is 16.7 Å². The van der Waals surface area contributed by atoms with Gasteiger partial charge in [0.1, 0.15) is 17.3 Å². The van der Waals surface area contributed by atoms with Gasteiger partial charge in [0.25, 0.3) is 5.91 Å². The average Bonchev–Trinajstić information content (AvgIpc) is 3.17. The number of thioether (sulfide) groups is 1. The molecule has 0 atom stereocenters. The Morgan fingerprint density at radius 1 is 1.03 bits per heavy atom. The number of hydrogen-bond donors (Lipinski definition) is 1. The number of nitrogens with zero attached hydrogens (tertiary/aromatic N) is 3. The number of carbonyl (C=O) groups excluding carboxylic acids is 2. The van der Waals surface area contributed by atoms with Gasteiger partial charge in [0.2, 0.25) is 0 Å². The molecule has 2 aromatic carbocycles. The van der Waals surface area contributed by atoms with Gasteiger partial charge in [-0.15, -0.1) is 10.2 Å². The lowest BCUT2D eigenvalue weighted by atomic mass is 10.2. The molecular weight excluding hydrogens is 420 g/mol. The van der Waals surface area contributed by atoms with E-state index in [-0.39, 0.29) is 0 Å². The van der Waals surface area contributed by atoms with Crippen molar-refractivity contribution < 1.29 is 23.8 Å². The molecule has 10 heteroatoms. The molecule has 3 rings (SSSR count). The molecule has 0 aliphatic heterocycles. The van der Waals surface area contributed by atoms with E-state index in [1.807, 2.05) is 17.7 Å². The summed E-state index contributed by atoms with van der Waals surface area (Å²) in [4.78, 5) is 24.5. The molecule has 0 fully saturated rings. The molecule has 1 heterocycles. The van der Waals surface area contributed by atoms with Crippen molar-refractivity contribution in [2.24, 2.45) is 0 Å². The first-order valence-corrected chi connectivity index (χ1v) is 10.4. The van der Waals surface area contributed by atoms with Crippen molar-refractivity contribution in [3.05, 3.63) is 53.9 Å². The SMILES string of the molecule is COc1cc(NC(=O)COC(=O)c2ccc(-n3c(C)nnc3SC)cc2)cc(OC)c1. The van der Waals surface area contributed by atoms with Gasteiger partial charge in [-0.05, 0) is 37.4 Å². The molecule has 162 valence electrons. The minimum Gasteiger partial charge on any atom is -0.497 e. The molecule has 1 amide bonds. The summed E-state index contributed by atoms with van der Waals surface area (Å²) in [6.45, 7) is 1.42. The van der Waals surface area contributed by atoms with Crippen LogP contribution in [-0.4, -0.2) is 53.7 Å². The van der Waals surface area contributed by atoms with Crippen molar-refractivity contribution >= 4 is 29.3 Å². The predicted octanol–water partition coefficient (Wildman–Crippen LogP) is 3.11. The molecule has 0 spiro atoms. The van der Waals surface area contributed by atoms with E-state index >= 15 is 0 Å². The minimum absolute atomic E-state index is 0.330. The lowest BCUT2D eigenvalue weighted by Gasteiger charge is -2.11. The minimum atomic E-state index is -0.601. The third-order valence-corrected chi connectivity index (χ3v) is 4.94. The van der Waals surface area contributed by atoms with E-state index in [1.165, 1.54) is 26.0 Å². The fourth-order valence-corrected chi connectivity index (χ4v) is 3.35. The number of aryl methyl sites for hydroxylation is 1. The van der Waals surface area contributed by atoms with Crippen molar-refractivity contribution in [1.29, 1.82) is 0 Å². The highest BCUT2D eigenvalue weighted by molar-refractivity contribution is 7.98. The number of esters is 1. The molecule has 3 aromatic rings. The molecular formula is C21H22N4O5S. The topological polar surface area (TPSA) is 105 Å². The summed E-state index contributed by atoms with van der Waals surface area (Å²) >= 11 is 1.48. The van der Waals surface area contributed by atoms with E-state index in [9.17, 15) is 9.59 Å². The van der Waals surface area contributed by atoms with Crippen molar-refractivity contribution in [3.63, 3.8) is 0 Å². The fraction of sp³-hybridized carbons (Fsp3) is 0.238. The first-order valence-electron chi connectivity index (χ1n) is 9.21. The fourth-order valence-electron chi connectivity index (χ4n) is 2.81. The van der Waals surface area contributed by atoms with Gasteiger partial charge in [0.15, 0.2) is 11.8 Å². The molecule has 0 aliphatic rings. The van der Waals surface area contributed by atoms with Gasteiger partial charge >= 0.3 is 5.97 Å². The highest BCUT2D eigenvalue weighted by Gasteiger charge is 2.14. The van der Waals surface area contributed by atoms with Gasteiger partial charge in [-0.3, -0.25) is 9.36 Å². The summed E-state index contributed by atoms with van der Waals surface area (Å²) in [5.41, 5.74) is 1.62. The summed E-state index contributed by atoms with van der Waals surface area (Å²) in [5, 5.41) is 11.6. The molecule has 0 radical (unpaired) electrons. The van der Waals surface area contributed by atoms with Crippen molar-refractivity contribution in [2.45, 2.75) is 12.1 Å². The van der Waals surface area contributed by atoms with Gasteiger partial charge in [-0.2, -0.15) is 0 Å². The Labute approximate surface area is 183 Å².